The Labute approximate surface area is 197 Å². The molecule has 0 unspecified atom stereocenters. The first-order valence-electron chi connectivity index (χ1n) is 11.4. The van der Waals surface area contributed by atoms with Crippen LogP contribution in [0.5, 0.6) is 17.2 Å². The summed E-state index contributed by atoms with van der Waals surface area (Å²) in [6.07, 6.45) is 0. The van der Waals surface area contributed by atoms with Crippen molar-refractivity contribution in [1.29, 1.82) is 0 Å². The number of morpholine rings is 1. The number of hydrogen-bond acceptors (Lipinski definition) is 6. The smallest absolute Gasteiger partial charge is 0.320 e. The molecule has 3 heterocycles. The average molecular weight is 469 g/mol. The third-order valence-corrected chi connectivity index (χ3v) is 6.91. The molecule has 2 saturated heterocycles. The van der Waals surface area contributed by atoms with Gasteiger partial charge >= 0.3 is 12.0 Å². The molecule has 3 atom stereocenters. The SMILES string of the molecule is COc1ccc([C@H]2CN(C(=O)N3CCOCC3)C[C@H](c3ccc4c(c3)OCO4)[C@@H]2C(=O)O)cc1. The molecule has 9 nitrogen and oxygen atoms in total. The van der Waals surface area contributed by atoms with Gasteiger partial charge in [0.2, 0.25) is 6.79 Å². The number of rotatable bonds is 4. The maximum Gasteiger partial charge on any atom is 0.320 e. The third-order valence-electron chi connectivity index (χ3n) is 6.91. The van der Waals surface area contributed by atoms with Crippen LogP contribution in [0.2, 0.25) is 0 Å². The standard InChI is InChI=1S/C25H28N2O7/c1-31-18-5-2-16(3-6-18)19-13-27(25(30)26-8-10-32-11-9-26)14-20(23(19)24(28)29)17-4-7-21-22(12-17)34-15-33-21/h2-7,12,19-20,23H,8-11,13-15H2,1H3,(H,28,29)/t19-,20-,23-/m1/s1. The number of nitrogens with zero attached hydrogens (tertiary/aromatic N) is 2. The summed E-state index contributed by atoms with van der Waals surface area (Å²) in [5.74, 6) is -0.487. The molecule has 2 aromatic carbocycles. The van der Waals surface area contributed by atoms with Gasteiger partial charge in [-0.1, -0.05) is 18.2 Å². The highest BCUT2D eigenvalue weighted by Crippen LogP contribution is 2.44. The Balaban J connectivity index is 1.52. The number of ether oxygens (including phenoxy) is 4. The minimum Gasteiger partial charge on any atom is -0.497 e. The Morgan fingerprint density at radius 1 is 0.912 bits per heavy atom. The van der Waals surface area contributed by atoms with Gasteiger partial charge in [0.15, 0.2) is 11.5 Å². The van der Waals surface area contributed by atoms with Crippen LogP contribution in [0.3, 0.4) is 0 Å². The molecule has 0 radical (unpaired) electrons. The lowest BCUT2D eigenvalue weighted by Gasteiger charge is -2.44. The summed E-state index contributed by atoms with van der Waals surface area (Å²) in [5, 5.41) is 10.4. The number of hydrogen-bond donors (Lipinski definition) is 1. The zero-order valence-electron chi connectivity index (χ0n) is 19.0. The number of benzene rings is 2. The summed E-state index contributed by atoms with van der Waals surface area (Å²) in [4.78, 5) is 29.7. The van der Waals surface area contributed by atoms with E-state index in [0.717, 1.165) is 11.1 Å². The van der Waals surface area contributed by atoms with Crippen molar-refractivity contribution in [2.24, 2.45) is 5.92 Å². The molecule has 3 aliphatic heterocycles. The molecule has 0 bridgehead atoms. The van der Waals surface area contributed by atoms with Crippen molar-refractivity contribution in [1.82, 2.24) is 9.80 Å². The summed E-state index contributed by atoms with van der Waals surface area (Å²) in [7, 11) is 1.59. The van der Waals surface area contributed by atoms with Gasteiger partial charge in [0.25, 0.3) is 0 Å². The molecule has 0 saturated carbocycles. The van der Waals surface area contributed by atoms with E-state index in [9.17, 15) is 14.7 Å². The molecule has 9 heteroatoms. The Bertz CT molecular complexity index is 1050. The van der Waals surface area contributed by atoms with E-state index >= 15 is 0 Å². The van der Waals surface area contributed by atoms with Gasteiger partial charge in [-0.05, 0) is 35.4 Å². The highest BCUT2D eigenvalue weighted by atomic mass is 16.7. The number of methoxy groups -OCH3 is 1. The fourth-order valence-electron chi connectivity index (χ4n) is 5.13. The predicted molar refractivity (Wildman–Crippen MR) is 122 cm³/mol. The summed E-state index contributed by atoms with van der Waals surface area (Å²) in [5.41, 5.74) is 1.67. The highest BCUT2D eigenvalue weighted by Gasteiger charge is 2.45. The number of carbonyl (C=O) groups excluding carboxylic acids is 1. The van der Waals surface area contributed by atoms with Crippen molar-refractivity contribution >= 4 is 12.0 Å². The van der Waals surface area contributed by atoms with Gasteiger partial charge in [-0.2, -0.15) is 0 Å². The highest BCUT2D eigenvalue weighted by molar-refractivity contribution is 5.77. The molecule has 0 aliphatic carbocycles. The van der Waals surface area contributed by atoms with Crippen LogP contribution in [0.4, 0.5) is 4.79 Å². The van der Waals surface area contributed by atoms with E-state index in [1.165, 1.54) is 0 Å². The Hall–Kier alpha value is -3.46. The maximum absolute atomic E-state index is 13.5. The molecule has 1 N–H and O–H groups in total. The molecule has 0 aromatic heterocycles. The van der Waals surface area contributed by atoms with Gasteiger partial charge in [0, 0.05) is 38.0 Å². The van der Waals surface area contributed by atoms with E-state index in [0.29, 0.717) is 56.6 Å². The molecule has 2 amide bonds. The van der Waals surface area contributed by atoms with Gasteiger partial charge in [-0.15, -0.1) is 0 Å². The number of urea groups is 1. The fourth-order valence-corrected chi connectivity index (χ4v) is 5.13. The van der Waals surface area contributed by atoms with Gasteiger partial charge in [0.05, 0.1) is 26.2 Å². The van der Waals surface area contributed by atoms with E-state index in [2.05, 4.69) is 0 Å². The molecule has 180 valence electrons. The minimum absolute atomic E-state index is 0.0867. The van der Waals surface area contributed by atoms with Crippen molar-refractivity contribution < 1.29 is 33.6 Å². The Kier molecular flexibility index (Phi) is 6.19. The molecular weight excluding hydrogens is 440 g/mol. The van der Waals surface area contributed by atoms with E-state index in [1.54, 1.807) is 16.9 Å². The van der Waals surface area contributed by atoms with Crippen LogP contribution in [0, 0.1) is 5.92 Å². The lowest BCUT2D eigenvalue weighted by molar-refractivity contribution is -0.145. The van der Waals surface area contributed by atoms with Crippen molar-refractivity contribution in [2.75, 3.05) is 53.3 Å². The number of carbonyl (C=O) groups is 2. The second-order valence-electron chi connectivity index (χ2n) is 8.75. The Morgan fingerprint density at radius 3 is 2.24 bits per heavy atom. The van der Waals surface area contributed by atoms with Gasteiger partial charge in [0.1, 0.15) is 5.75 Å². The molecule has 0 spiro atoms. The van der Waals surface area contributed by atoms with Crippen LogP contribution >= 0.6 is 0 Å². The number of carboxylic acids is 1. The average Bonchev–Trinajstić information content (AvgIpc) is 3.36. The van der Waals surface area contributed by atoms with Gasteiger partial charge in [-0.3, -0.25) is 4.79 Å². The van der Waals surface area contributed by atoms with Crippen molar-refractivity contribution in [3.8, 4) is 17.2 Å². The number of carboxylic acid groups (broad SMARTS) is 1. The zero-order valence-corrected chi connectivity index (χ0v) is 19.0. The first-order chi connectivity index (χ1) is 16.5. The lowest BCUT2D eigenvalue weighted by Crippen LogP contribution is -2.54. The summed E-state index contributed by atoms with van der Waals surface area (Å²) in [6.45, 7) is 2.83. The third kappa shape index (κ3) is 4.23. The van der Waals surface area contributed by atoms with Crippen LogP contribution in [-0.4, -0.2) is 80.2 Å². The molecule has 5 rings (SSSR count). The molecule has 3 aliphatic rings. The van der Waals surface area contributed by atoms with E-state index in [-0.39, 0.29) is 12.8 Å². The first-order valence-corrected chi connectivity index (χ1v) is 11.4. The lowest BCUT2D eigenvalue weighted by atomic mass is 9.71. The summed E-state index contributed by atoms with van der Waals surface area (Å²) < 4.78 is 21.7. The van der Waals surface area contributed by atoms with E-state index < -0.39 is 23.7 Å². The van der Waals surface area contributed by atoms with Crippen molar-refractivity contribution in [3.05, 3.63) is 53.6 Å². The van der Waals surface area contributed by atoms with E-state index in [1.807, 2.05) is 42.5 Å². The normalized spacial score (nSPS) is 24.1. The topological polar surface area (TPSA) is 97.8 Å². The molecule has 2 fully saturated rings. The van der Waals surface area contributed by atoms with Gasteiger partial charge in [-0.25, -0.2) is 4.79 Å². The first kappa shape index (κ1) is 22.3. The summed E-state index contributed by atoms with van der Waals surface area (Å²) >= 11 is 0. The number of aliphatic carboxylic acids is 1. The van der Waals surface area contributed by atoms with Crippen molar-refractivity contribution in [3.63, 3.8) is 0 Å². The number of piperidine rings is 1. The quantitative estimate of drug-likeness (QED) is 0.737. The van der Waals surface area contributed by atoms with E-state index in [4.69, 9.17) is 18.9 Å². The van der Waals surface area contributed by atoms with Crippen molar-refractivity contribution in [2.45, 2.75) is 11.8 Å². The molecule has 2 aromatic rings. The number of fused-ring (bicyclic) bond motifs is 1. The molecule has 34 heavy (non-hydrogen) atoms. The second-order valence-corrected chi connectivity index (χ2v) is 8.75. The second kappa shape index (κ2) is 9.42. The minimum atomic E-state index is -0.887. The molecular formula is C25H28N2O7. The zero-order chi connectivity index (χ0) is 23.7. The maximum atomic E-state index is 13.5. The van der Waals surface area contributed by atoms with Crippen LogP contribution in [0.25, 0.3) is 0 Å². The van der Waals surface area contributed by atoms with Crippen LogP contribution in [0.15, 0.2) is 42.5 Å². The van der Waals surface area contributed by atoms with Crippen LogP contribution in [-0.2, 0) is 9.53 Å². The monoisotopic (exact) mass is 468 g/mol. The van der Waals surface area contributed by atoms with Gasteiger partial charge < -0.3 is 33.9 Å². The summed E-state index contributed by atoms with van der Waals surface area (Å²) in [6, 6.07) is 12.9. The Morgan fingerprint density at radius 2 is 1.56 bits per heavy atom. The van der Waals surface area contributed by atoms with Crippen LogP contribution in [0.1, 0.15) is 23.0 Å². The largest absolute Gasteiger partial charge is 0.497 e. The predicted octanol–water partition coefficient (Wildman–Crippen LogP) is 2.76. The number of amides is 2. The number of likely N-dealkylation sites (tertiary alicyclic amines) is 1. The van der Waals surface area contributed by atoms with Crippen LogP contribution < -0.4 is 14.2 Å². The fraction of sp³-hybridized carbons (Fsp3) is 0.440.